The van der Waals surface area contributed by atoms with Crippen LogP contribution in [0.15, 0.2) is 44.9 Å². The van der Waals surface area contributed by atoms with Gasteiger partial charge < -0.3 is 9.84 Å². The van der Waals surface area contributed by atoms with E-state index in [2.05, 4.69) is 37.2 Å². The lowest BCUT2D eigenvalue weighted by atomic mass is 10.1. The number of carbonyl (C=O) groups excluding carboxylic acids is 3. The number of methoxy groups -OCH3 is 1. The van der Waals surface area contributed by atoms with Crippen LogP contribution in [-0.4, -0.2) is 30.1 Å². The third-order valence-corrected chi connectivity index (χ3v) is 6.02. The number of phenols is 1. The van der Waals surface area contributed by atoms with Gasteiger partial charge in [0.05, 0.1) is 17.3 Å². The van der Waals surface area contributed by atoms with Gasteiger partial charge in [-0.15, -0.1) is 0 Å². The van der Waals surface area contributed by atoms with Crippen LogP contribution in [0.4, 0.5) is 14.9 Å². The van der Waals surface area contributed by atoms with E-state index in [1.807, 2.05) is 0 Å². The molecule has 3 rings (SSSR count). The summed E-state index contributed by atoms with van der Waals surface area (Å²) in [6.07, 6.45) is 1.23. The van der Waals surface area contributed by atoms with Crippen LogP contribution >= 0.6 is 31.9 Å². The Kier molecular flexibility index (Phi) is 5.52. The molecule has 144 valence electrons. The minimum atomic E-state index is -0.985. The fraction of sp³-hybridized carbons (Fsp3) is 0.0556. The summed E-state index contributed by atoms with van der Waals surface area (Å²) in [5, 5.41) is 12.1. The molecule has 10 heteroatoms. The molecule has 2 aromatic carbocycles. The van der Waals surface area contributed by atoms with E-state index in [9.17, 15) is 23.9 Å². The van der Waals surface area contributed by atoms with E-state index < -0.39 is 23.7 Å². The number of barbiturate groups is 1. The zero-order chi connectivity index (χ0) is 20.6. The molecule has 4 amide bonds. The first kappa shape index (κ1) is 20.0. The van der Waals surface area contributed by atoms with Crippen molar-refractivity contribution >= 4 is 61.5 Å². The number of rotatable bonds is 3. The van der Waals surface area contributed by atoms with Crippen LogP contribution in [0.3, 0.4) is 0 Å². The largest absolute Gasteiger partial charge is 0.503 e. The van der Waals surface area contributed by atoms with E-state index in [4.69, 9.17) is 4.74 Å². The SMILES string of the molecule is COc1cc(/C=C2\C(=O)NC(=O)N(c3cccc(F)c3)C2=O)c(Br)c(Br)c1O. The quantitative estimate of drug-likeness (QED) is 0.481. The molecule has 0 unspecified atom stereocenters. The number of nitrogens with one attached hydrogen (secondary N) is 1. The number of amides is 4. The first-order valence-corrected chi connectivity index (χ1v) is 9.25. The molecule has 1 aliphatic heterocycles. The van der Waals surface area contributed by atoms with Crippen LogP contribution in [-0.2, 0) is 9.59 Å². The van der Waals surface area contributed by atoms with Gasteiger partial charge in [-0.05, 0) is 67.8 Å². The van der Waals surface area contributed by atoms with Gasteiger partial charge in [0.15, 0.2) is 11.5 Å². The second-order valence-electron chi connectivity index (χ2n) is 5.58. The van der Waals surface area contributed by atoms with Crippen molar-refractivity contribution in [2.75, 3.05) is 12.0 Å². The normalized spacial score (nSPS) is 15.8. The van der Waals surface area contributed by atoms with E-state index >= 15 is 0 Å². The number of nitrogens with zero attached hydrogens (tertiary/aromatic N) is 1. The molecule has 1 saturated heterocycles. The van der Waals surface area contributed by atoms with E-state index in [-0.39, 0.29) is 27.2 Å². The maximum Gasteiger partial charge on any atom is 0.335 e. The Morgan fingerprint density at radius 3 is 2.54 bits per heavy atom. The Bertz CT molecular complexity index is 1050. The number of urea groups is 1. The fourth-order valence-corrected chi connectivity index (χ4v) is 3.38. The van der Waals surface area contributed by atoms with Gasteiger partial charge in [0.2, 0.25) is 0 Å². The monoisotopic (exact) mass is 512 g/mol. The third kappa shape index (κ3) is 3.52. The molecule has 1 heterocycles. The maximum atomic E-state index is 13.5. The van der Waals surface area contributed by atoms with Gasteiger partial charge in [-0.2, -0.15) is 0 Å². The van der Waals surface area contributed by atoms with E-state index in [1.165, 1.54) is 31.4 Å². The number of halogens is 3. The number of ether oxygens (including phenoxy) is 1. The lowest BCUT2D eigenvalue weighted by molar-refractivity contribution is -0.122. The van der Waals surface area contributed by atoms with E-state index in [0.29, 0.717) is 14.9 Å². The Hall–Kier alpha value is -2.72. The summed E-state index contributed by atoms with van der Waals surface area (Å²) in [5.74, 6) is -2.54. The molecule has 0 atom stereocenters. The highest BCUT2D eigenvalue weighted by atomic mass is 79.9. The number of aromatic hydroxyl groups is 1. The van der Waals surface area contributed by atoms with Gasteiger partial charge in [0.25, 0.3) is 11.8 Å². The summed E-state index contributed by atoms with van der Waals surface area (Å²) in [6, 6.07) is 5.28. The zero-order valence-corrected chi connectivity index (χ0v) is 17.3. The van der Waals surface area contributed by atoms with Gasteiger partial charge in [-0.3, -0.25) is 14.9 Å². The minimum Gasteiger partial charge on any atom is -0.503 e. The molecule has 0 spiro atoms. The number of hydrogen-bond acceptors (Lipinski definition) is 5. The second kappa shape index (κ2) is 7.72. The van der Waals surface area contributed by atoms with Gasteiger partial charge in [0, 0.05) is 4.47 Å². The van der Waals surface area contributed by atoms with Gasteiger partial charge >= 0.3 is 6.03 Å². The Morgan fingerprint density at radius 2 is 1.89 bits per heavy atom. The molecule has 0 bridgehead atoms. The van der Waals surface area contributed by atoms with Crippen molar-refractivity contribution in [1.82, 2.24) is 5.32 Å². The van der Waals surface area contributed by atoms with Crippen molar-refractivity contribution in [1.29, 1.82) is 0 Å². The van der Waals surface area contributed by atoms with Crippen LogP contribution in [0.25, 0.3) is 6.08 Å². The van der Waals surface area contributed by atoms with Gasteiger partial charge in [-0.1, -0.05) is 6.07 Å². The first-order chi connectivity index (χ1) is 13.2. The maximum absolute atomic E-state index is 13.5. The molecule has 1 fully saturated rings. The van der Waals surface area contributed by atoms with Crippen molar-refractivity contribution in [3.8, 4) is 11.5 Å². The molecular formula is C18H11Br2FN2O5. The Morgan fingerprint density at radius 1 is 1.18 bits per heavy atom. The van der Waals surface area contributed by atoms with Crippen molar-refractivity contribution < 1.29 is 28.6 Å². The van der Waals surface area contributed by atoms with Crippen molar-refractivity contribution in [2.45, 2.75) is 0 Å². The van der Waals surface area contributed by atoms with Gasteiger partial charge in [-0.25, -0.2) is 14.1 Å². The highest BCUT2D eigenvalue weighted by Gasteiger charge is 2.37. The second-order valence-corrected chi connectivity index (χ2v) is 7.17. The van der Waals surface area contributed by atoms with Crippen LogP contribution in [0.5, 0.6) is 11.5 Å². The fourth-order valence-electron chi connectivity index (χ4n) is 2.54. The standard InChI is InChI=1S/C18H11Br2FN2O5/c1-28-12-6-8(13(19)14(20)15(12)24)5-11-16(25)22-18(27)23(17(11)26)10-4-2-3-9(21)7-10/h2-7,24H,1H3,(H,22,25,27)/b11-5+. The van der Waals surface area contributed by atoms with Gasteiger partial charge in [0.1, 0.15) is 11.4 Å². The number of phenolic OH excluding ortho intramolecular Hbond substituents is 1. The summed E-state index contributed by atoms with van der Waals surface area (Å²) < 4.78 is 19.2. The van der Waals surface area contributed by atoms with E-state index in [1.54, 1.807) is 0 Å². The summed E-state index contributed by atoms with van der Waals surface area (Å²) in [7, 11) is 1.34. The van der Waals surface area contributed by atoms with Crippen LogP contribution < -0.4 is 15.0 Å². The molecule has 2 aromatic rings. The molecule has 0 aliphatic carbocycles. The predicted molar refractivity (Wildman–Crippen MR) is 105 cm³/mol. The highest BCUT2D eigenvalue weighted by molar-refractivity contribution is 9.13. The summed E-state index contributed by atoms with van der Waals surface area (Å²) in [4.78, 5) is 37.9. The third-order valence-electron chi connectivity index (χ3n) is 3.86. The van der Waals surface area contributed by atoms with Crippen molar-refractivity contribution in [2.24, 2.45) is 0 Å². The zero-order valence-electron chi connectivity index (χ0n) is 14.1. The topological polar surface area (TPSA) is 95.9 Å². The summed E-state index contributed by atoms with van der Waals surface area (Å²) in [6.45, 7) is 0. The molecule has 0 saturated carbocycles. The average Bonchev–Trinajstić information content (AvgIpc) is 2.64. The van der Waals surface area contributed by atoms with Crippen molar-refractivity contribution in [3.63, 3.8) is 0 Å². The molecule has 0 radical (unpaired) electrons. The number of benzene rings is 2. The molecule has 28 heavy (non-hydrogen) atoms. The van der Waals surface area contributed by atoms with Crippen LogP contribution in [0, 0.1) is 5.82 Å². The van der Waals surface area contributed by atoms with Crippen molar-refractivity contribution in [3.05, 3.63) is 56.2 Å². The van der Waals surface area contributed by atoms with E-state index in [0.717, 1.165) is 12.1 Å². The number of carbonyl (C=O) groups is 3. The lowest BCUT2D eigenvalue weighted by Gasteiger charge is -2.26. The molecule has 0 aromatic heterocycles. The molecule has 7 nitrogen and oxygen atoms in total. The number of hydrogen-bond donors (Lipinski definition) is 2. The predicted octanol–water partition coefficient (Wildman–Crippen LogP) is 3.73. The minimum absolute atomic E-state index is 0.0237. The number of imide groups is 2. The number of anilines is 1. The summed E-state index contributed by atoms with van der Waals surface area (Å²) >= 11 is 6.45. The Balaban J connectivity index is 2.11. The molecular weight excluding hydrogens is 503 g/mol. The lowest BCUT2D eigenvalue weighted by Crippen LogP contribution is -2.54. The average molecular weight is 514 g/mol. The Labute approximate surface area is 175 Å². The highest BCUT2D eigenvalue weighted by Crippen LogP contribution is 2.42. The van der Waals surface area contributed by atoms with Crippen LogP contribution in [0.2, 0.25) is 0 Å². The summed E-state index contributed by atoms with van der Waals surface area (Å²) in [5.41, 5.74) is -0.0535. The molecule has 2 N–H and O–H groups in total. The molecule has 1 aliphatic rings. The smallest absolute Gasteiger partial charge is 0.335 e. The first-order valence-electron chi connectivity index (χ1n) is 7.66. The van der Waals surface area contributed by atoms with Crippen LogP contribution in [0.1, 0.15) is 5.56 Å².